The zero-order chi connectivity index (χ0) is 14.8. The molecule has 112 valence electrons. The Hall–Kier alpha value is -1.23. The molecular formula is C15H23NO3S. The molecule has 0 atom stereocenters. The van der Waals surface area contributed by atoms with Gasteiger partial charge in [0.15, 0.2) is 0 Å². The Morgan fingerprint density at radius 3 is 2.55 bits per heavy atom. The smallest absolute Gasteiger partial charge is 0.313 e. The van der Waals surface area contributed by atoms with Crippen molar-refractivity contribution in [3.63, 3.8) is 0 Å². The van der Waals surface area contributed by atoms with E-state index in [4.69, 9.17) is 4.74 Å². The maximum Gasteiger partial charge on any atom is 0.313 e. The number of unbranched alkanes of at least 4 members (excludes halogenated alkanes) is 4. The van der Waals surface area contributed by atoms with Crippen molar-refractivity contribution >= 4 is 23.1 Å². The number of rotatable bonds is 10. The maximum absolute atomic E-state index is 11.1. The third kappa shape index (κ3) is 8.04. The molecule has 1 aromatic rings. The molecule has 4 nitrogen and oxygen atoms in total. The number of hydrogen-bond acceptors (Lipinski definition) is 5. The minimum absolute atomic E-state index is 0.104. The molecule has 0 fully saturated rings. The molecular weight excluding hydrogens is 274 g/mol. The van der Waals surface area contributed by atoms with Crippen LogP contribution in [0, 0.1) is 6.92 Å². The molecule has 0 spiro atoms. The van der Waals surface area contributed by atoms with E-state index in [9.17, 15) is 9.59 Å². The summed E-state index contributed by atoms with van der Waals surface area (Å²) in [6, 6.07) is 0. The van der Waals surface area contributed by atoms with E-state index in [1.807, 2.05) is 6.92 Å². The molecule has 0 bridgehead atoms. The molecule has 1 rings (SSSR count). The molecule has 0 aromatic carbocycles. The van der Waals surface area contributed by atoms with Crippen molar-refractivity contribution in [3.05, 3.63) is 16.1 Å². The van der Waals surface area contributed by atoms with Crippen LogP contribution in [0.4, 0.5) is 0 Å². The van der Waals surface area contributed by atoms with Crippen LogP contribution in [0.2, 0.25) is 0 Å². The van der Waals surface area contributed by atoms with Gasteiger partial charge < -0.3 is 4.74 Å². The lowest BCUT2D eigenvalue weighted by Crippen LogP contribution is -2.09. The maximum atomic E-state index is 11.1. The predicted molar refractivity (Wildman–Crippen MR) is 79.9 cm³/mol. The van der Waals surface area contributed by atoms with Gasteiger partial charge in [0, 0.05) is 11.1 Å². The molecule has 0 aliphatic heterocycles. The fourth-order valence-corrected chi connectivity index (χ4v) is 2.68. The zero-order valence-corrected chi connectivity index (χ0v) is 13.1. The van der Waals surface area contributed by atoms with Crippen LogP contribution in [0.1, 0.15) is 56.2 Å². The summed E-state index contributed by atoms with van der Waals surface area (Å²) in [7, 11) is 0. The predicted octanol–water partition coefficient (Wildman–Crippen LogP) is 3.47. The molecule has 5 heteroatoms. The summed E-state index contributed by atoms with van der Waals surface area (Å²) in [5.41, 5.74) is 1.11. The Labute approximate surface area is 124 Å². The molecule has 0 unspecified atom stereocenters. The first-order chi connectivity index (χ1) is 9.58. The van der Waals surface area contributed by atoms with E-state index in [2.05, 4.69) is 10.4 Å². The molecule has 1 aromatic heterocycles. The molecule has 0 aliphatic rings. The molecule has 20 heavy (non-hydrogen) atoms. The van der Waals surface area contributed by atoms with Crippen LogP contribution in [0.3, 0.4) is 0 Å². The SMILES string of the molecule is CC(=O)CC(=O)OCCCCCCCc1nc(C)cs1. The Kier molecular flexibility index (Phi) is 8.11. The van der Waals surface area contributed by atoms with Crippen molar-refractivity contribution in [2.24, 2.45) is 0 Å². The van der Waals surface area contributed by atoms with Crippen molar-refractivity contribution in [3.8, 4) is 0 Å². The highest BCUT2D eigenvalue weighted by Gasteiger charge is 2.05. The van der Waals surface area contributed by atoms with E-state index in [0.717, 1.165) is 37.8 Å². The van der Waals surface area contributed by atoms with Gasteiger partial charge in [-0.2, -0.15) is 0 Å². The highest BCUT2D eigenvalue weighted by atomic mass is 32.1. The van der Waals surface area contributed by atoms with Crippen LogP contribution in [0.5, 0.6) is 0 Å². The lowest BCUT2D eigenvalue weighted by atomic mass is 10.1. The van der Waals surface area contributed by atoms with Crippen LogP contribution in [-0.2, 0) is 20.7 Å². The number of Topliss-reactive ketones (excluding diaryl/α,β-unsaturated/α-hetero) is 1. The monoisotopic (exact) mass is 297 g/mol. The minimum Gasteiger partial charge on any atom is -0.465 e. The molecule has 1 heterocycles. The molecule has 0 N–H and O–H groups in total. The van der Waals surface area contributed by atoms with Crippen molar-refractivity contribution in [2.45, 2.75) is 58.8 Å². The third-order valence-electron chi connectivity index (χ3n) is 2.86. The Bertz CT molecular complexity index is 429. The van der Waals surface area contributed by atoms with Crippen LogP contribution in [0.15, 0.2) is 5.38 Å². The van der Waals surface area contributed by atoms with Gasteiger partial charge >= 0.3 is 5.97 Å². The van der Waals surface area contributed by atoms with Crippen LogP contribution >= 0.6 is 11.3 Å². The number of ketones is 1. The zero-order valence-electron chi connectivity index (χ0n) is 12.3. The van der Waals surface area contributed by atoms with Gasteiger partial charge in [0.1, 0.15) is 12.2 Å². The number of hydrogen-bond donors (Lipinski definition) is 0. The summed E-state index contributed by atoms with van der Waals surface area (Å²) in [6.45, 7) is 3.84. The lowest BCUT2D eigenvalue weighted by Gasteiger charge is -2.03. The van der Waals surface area contributed by atoms with E-state index in [1.165, 1.54) is 18.4 Å². The van der Waals surface area contributed by atoms with Gasteiger partial charge in [-0.15, -0.1) is 11.3 Å². The van der Waals surface area contributed by atoms with E-state index in [1.54, 1.807) is 11.3 Å². The largest absolute Gasteiger partial charge is 0.465 e. The Morgan fingerprint density at radius 1 is 1.20 bits per heavy atom. The summed E-state index contributed by atoms with van der Waals surface area (Å²) in [5.74, 6) is -0.552. The van der Waals surface area contributed by atoms with Crippen molar-refractivity contribution < 1.29 is 14.3 Å². The fraction of sp³-hybridized carbons (Fsp3) is 0.667. The average molecular weight is 297 g/mol. The molecule has 0 aliphatic carbocycles. The third-order valence-corrected chi connectivity index (χ3v) is 3.88. The number of esters is 1. The molecule has 0 saturated carbocycles. The second-order valence-electron chi connectivity index (χ2n) is 5.00. The number of carbonyl (C=O) groups is 2. The van der Waals surface area contributed by atoms with Gasteiger partial charge in [-0.1, -0.05) is 19.3 Å². The number of ether oxygens (including phenoxy) is 1. The average Bonchev–Trinajstić information content (AvgIpc) is 2.77. The fourth-order valence-electron chi connectivity index (χ4n) is 1.87. The van der Waals surface area contributed by atoms with E-state index < -0.39 is 5.97 Å². The number of aromatic nitrogens is 1. The highest BCUT2D eigenvalue weighted by Crippen LogP contribution is 2.13. The van der Waals surface area contributed by atoms with Crippen molar-refractivity contribution in [2.75, 3.05) is 6.61 Å². The van der Waals surface area contributed by atoms with Crippen molar-refractivity contribution in [1.82, 2.24) is 4.98 Å². The number of nitrogens with zero attached hydrogens (tertiary/aromatic N) is 1. The first-order valence-corrected chi connectivity index (χ1v) is 8.02. The minimum atomic E-state index is -0.406. The first-order valence-electron chi connectivity index (χ1n) is 7.14. The van der Waals surface area contributed by atoms with Gasteiger partial charge in [0.25, 0.3) is 0 Å². The Morgan fingerprint density at radius 2 is 1.90 bits per heavy atom. The summed E-state index contributed by atoms with van der Waals surface area (Å²) in [5, 5.41) is 3.31. The number of thiazole rings is 1. The highest BCUT2D eigenvalue weighted by molar-refractivity contribution is 7.09. The van der Waals surface area contributed by atoms with Gasteiger partial charge in [-0.3, -0.25) is 9.59 Å². The summed E-state index contributed by atoms with van der Waals surface area (Å²) >= 11 is 1.73. The molecule has 0 radical (unpaired) electrons. The van der Waals surface area contributed by atoms with Crippen LogP contribution in [0.25, 0.3) is 0 Å². The van der Waals surface area contributed by atoms with E-state index >= 15 is 0 Å². The second kappa shape index (κ2) is 9.64. The van der Waals surface area contributed by atoms with E-state index in [-0.39, 0.29) is 12.2 Å². The van der Waals surface area contributed by atoms with Crippen LogP contribution < -0.4 is 0 Å². The normalized spacial score (nSPS) is 10.5. The van der Waals surface area contributed by atoms with Crippen LogP contribution in [-0.4, -0.2) is 23.3 Å². The first kappa shape index (κ1) is 16.8. The number of aryl methyl sites for hydroxylation is 2. The van der Waals surface area contributed by atoms with Gasteiger partial charge in [0.2, 0.25) is 0 Å². The summed E-state index contributed by atoms with van der Waals surface area (Å²) in [6.07, 6.45) is 6.38. The quantitative estimate of drug-likeness (QED) is 0.377. The van der Waals surface area contributed by atoms with Gasteiger partial charge in [0.05, 0.1) is 11.6 Å². The molecule has 0 saturated heterocycles. The summed E-state index contributed by atoms with van der Waals surface area (Å²) in [4.78, 5) is 26.2. The Balaban J connectivity index is 1.90. The van der Waals surface area contributed by atoms with Gasteiger partial charge in [-0.05, 0) is 33.1 Å². The summed E-state index contributed by atoms with van der Waals surface area (Å²) < 4.78 is 4.96. The van der Waals surface area contributed by atoms with Crippen molar-refractivity contribution in [1.29, 1.82) is 0 Å². The topological polar surface area (TPSA) is 56.3 Å². The standard InChI is InChI=1S/C15H23NO3S/c1-12-11-20-14(16-12)8-6-4-3-5-7-9-19-15(18)10-13(2)17/h11H,3-10H2,1-2H3. The second-order valence-corrected chi connectivity index (χ2v) is 5.94. The van der Waals surface area contributed by atoms with Gasteiger partial charge in [-0.25, -0.2) is 4.98 Å². The lowest BCUT2D eigenvalue weighted by molar-refractivity contribution is -0.145. The number of carbonyl (C=O) groups excluding carboxylic acids is 2. The van der Waals surface area contributed by atoms with E-state index in [0.29, 0.717) is 6.61 Å². The molecule has 0 amide bonds.